The maximum Gasteiger partial charge on any atom is 0.231 e. The predicted molar refractivity (Wildman–Crippen MR) is 87.3 cm³/mol. The number of hydrogen-bond acceptors (Lipinski definition) is 2. The quantitative estimate of drug-likeness (QED) is 0.570. The lowest BCUT2D eigenvalue weighted by Gasteiger charge is -2.37. The van der Waals surface area contributed by atoms with Gasteiger partial charge in [0.2, 0.25) is 6.79 Å². The fraction of sp³-hybridized carbons (Fsp3) is 0.667. The molecule has 0 unspecified atom stereocenters. The molecule has 0 radical (unpaired) electrons. The topological polar surface area (TPSA) is 31.8 Å². The monoisotopic (exact) mass is 320 g/mol. The van der Waals surface area contributed by atoms with Gasteiger partial charge in [-0.3, -0.25) is 0 Å². The minimum atomic E-state index is 0.368. The van der Waals surface area contributed by atoms with Gasteiger partial charge in [-0.05, 0) is 18.2 Å². The van der Waals surface area contributed by atoms with Gasteiger partial charge >= 0.3 is 0 Å². The van der Waals surface area contributed by atoms with Crippen LogP contribution in [-0.2, 0) is 6.54 Å². The molecule has 0 saturated carbocycles. The zero-order chi connectivity index (χ0) is 15.6. The first-order valence-corrected chi connectivity index (χ1v) is 9.16. The Morgan fingerprint density at radius 3 is 2.48 bits per heavy atom. The number of piperazine rings is 1. The Morgan fingerprint density at radius 2 is 1.70 bits per heavy atom. The van der Waals surface area contributed by atoms with Gasteiger partial charge in [0.15, 0.2) is 11.5 Å². The molecular weight excluding hydrogens is 290 g/mol. The molecule has 3 aliphatic rings. The average Bonchev–Trinajstić information content (AvgIpc) is 3.04. The molecule has 1 aromatic carbocycles. The average molecular weight is 320 g/mol. The molecule has 0 aliphatic carbocycles. The summed E-state index contributed by atoms with van der Waals surface area (Å²) < 4.78 is 10.9. The summed E-state index contributed by atoms with van der Waals surface area (Å²) in [6.45, 7) is 9.54. The highest BCUT2D eigenvalue weighted by atomic mass is 16.7. The number of rotatable bonds is 3. The summed E-state index contributed by atoms with van der Waals surface area (Å²) in [5.41, 5.74) is 1.37. The number of hydrogen-bond donors (Lipinski definition) is 3. The first-order chi connectivity index (χ1) is 11.3. The van der Waals surface area contributed by atoms with Crippen LogP contribution in [0.25, 0.3) is 0 Å². The van der Waals surface area contributed by atoms with E-state index in [1.54, 1.807) is 9.80 Å². The lowest BCUT2D eigenvalue weighted by molar-refractivity contribution is -1.02. The summed E-state index contributed by atoms with van der Waals surface area (Å²) >= 11 is 0. The van der Waals surface area contributed by atoms with Crippen molar-refractivity contribution in [1.29, 1.82) is 0 Å². The minimum absolute atomic E-state index is 0.368. The third-order valence-corrected chi connectivity index (χ3v) is 5.91. The zero-order valence-electron chi connectivity index (χ0n) is 14.2. The predicted octanol–water partition coefficient (Wildman–Crippen LogP) is -2.62. The van der Waals surface area contributed by atoms with Gasteiger partial charge in [-0.25, -0.2) is 0 Å². The first kappa shape index (κ1) is 15.2. The maximum absolute atomic E-state index is 5.50. The van der Waals surface area contributed by atoms with E-state index in [4.69, 9.17) is 9.47 Å². The molecule has 126 valence electrons. The maximum atomic E-state index is 5.50. The Labute approximate surface area is 138 Å². The van der Waals surface area contributed by atoms with Crippen molar-refractivity contribution in [3.05, 3.63) is 23.8 Å². The molecule has 4 rings (SSSR count). The number of piperidine rings is 1. The molecule has 2 fully saturated rings. The van der Waals surface area contributed by atoms with Gasteiger partial charge in [-0.2, -0.15) is 0 Å². The van der Waals surface area contributed by atoms with Crippen molar-refractivity contribution in [1.82, 2.24) is 0 Å². The smallest absolute Gasteiger partial charge is 0.231 e. The lowest BCUT2D eigenvalue weighted by atomic mass is 10.0. The van der Waals surface area contributed by atoms with Gasteiger partial charge in [-0.1, -0.05) is 0 Å². The van der Waals surface area contributed by atoms with Crippen LogP contribution >= 0.6 is 0 Å². The molecule has 5 nitrogen and oxygen atoms in total. The number of nitrogens with one attached hydrogen (secondary N) is 3. The highest BCUT2D eigenvalue weighted by Crippen LogP contribution is 2.32. The normalized spacial score (nSPS) is 33.6. The number of likely N-dealkylation sites (N-methyl/N-ethyl adjacent to an activating group) is 1. The highest BCUT2D eigenvalue weighted by Gasteiger charge is 2.32. The van der Waals surface area contributed by atoms with Gasteiger partial charge in [0.25, 0.3) is 0 Å². The van der Waals surface area contributed by atoms with Crippen molar-refractivity contribution in [3.8, 4) is 11.5 Å². The van der Waals surface area contributed by atoms with Crippen LogP contribution in [0.15, 0.2) is 18.2 Å². The summed E-state index contributed by atoms with van der Waals surface area (Å²) in [4.78, 5) is 5.30. The highest BCUT2D eigenvalue weighted by molar-refractivity contribution is 5.44. The van der Waals surface area contributed by atoms with Crippen LogP contribution in [0.1, 0.15) is 18.4 Å². The molecule has 0 aromatic heterocycles. The number of ether oxygens (including phenoxy) is 2. The Kier molecular flexibility index (Phi) is 4.42. The second-order valence-corrected chi connectivity index (χ2v) is 7.50. The Balaban J connectivity index is 1.28. The molecular formula is C18H30N3O2+3. The molecule has 0 amide bonds. The molecule has 2 saturated heterocycles. The van der Waals surface area contributed by atoms with E-state index in [0.29, 0.717) is 6.79 Å². The van der Waals surface area contributed by atoms with Crippen LogP contribution in [0.5, 0.6) is 11.5 Å². The van der Waals surface area contributed by atoms with Crippen LogP contribution in [0, 0.1) is 0 Å². The van der Waals surface area contributed by atoms with E-state index >= 15 is 0 Å². The van der Waals surface area contributed by atoms with E-state index in [-0.39, 0.29) is 0 Å². The molecule has 3 heterocycles. The van der Waals surface area contributed by atoms with Crippen LogP contribution in [0.3, 0.4) is 0 Å². The van der Waals surface area contributed by atoms with Crippen molar-refractivity contribution >= 4 is 0 Å². The number of likely N-dealkylation sites (tertiary alicyclic amines) is 1. The Hall–Kier alpha value is -1.30. The van der Waals surface area contributed by atoms with Gasteiger partial charge < -0.3 is 24.2 Å². The summed E-state index contributed by atoms with van der Waals surface area (Å²) in [5, 5.41) is 0. The molecule has 23 heavy (non-hydrogen) atoms. The van der Waals surface area contributed by atoms with Crippen molar-refractivity contribution in [2.24, 2.45) is 0 Å². The van der Waals surface area contributed by atoms with Gasteiger partial charge in [-0.15, -0.1) is 0 Å². The van der Waals surface area contributed by atoms with Crippen LogP contribution in [0.2, 0.25) is 0 Å². The molecule has 5 heteroatoms. The van der Waals surface area contributed by atoms with Crippen molar-refractivity contribution < 1.29 is 24.2 Å². The van der Waals surface area contributed by atoms with Crippen molar-refractivity contribution in [2.75, 3.05) is 53.1 Å². The van der Waals surface area contributed by atoms with Crippen LogP contribution < -0.4 is 24.2 Å². The molecule has 0 atom stereocenters. The van der Waals surface area contributed by atoms with Crippen molar-refractivity contribution in [2.45, 2.75) is 25.4 Å². The van der Waals surface area contributed by atoms with Crippen LogP contribution in [0.4, 0.5) is 0 Å². The molecule has 3 aliphatic heterocycles. The third-order valence-electron chi connectivity index (χ3n) is 5.91. The summed E-state index contributed by atoms with van der Waals surface area (Å²) in [7, 11) is 2.33. The van der Waals surface area contributed by atoms with E-state index in [0.717, 1.165) is 24.1 Å². The number of benzene rings is 1. The second-order valence-electron chi connectivity index (χ2n) is 7.50. The molecule has 0 bridgehead atoms. The minimum Gasteiger partial charge on any atom is -0.454 e. The SMILES string of the molecule is C[NH+]1CC[NH+](C2CC[NH+](Cc3ccc4c(c3)OCO4)CC2)CC1. The first-order valence-electron chi connectivity index (χ1n) is 9.16. The van der Waals surface area contributed by atoms with Gasteiger partial charge in [0.05, 0.1) is 26.2 Å². The van der Waals surface area contributed by atoms with Crippen LogP contribution in [-0.4, -0.2) is 59.2 Å². The fourth-order valence-electron chi connectivity index (χ4n) is 4.36. The number of fused-ring (bicyclic) bond motifs is 1. The fourth-order valence-corrected chi connectivity index (χ4v) is 4.36. The molecule has 1 aromatic rings. The van der Waals surface area contributed by atoms with E-state index < -0.39 is 0 Å². The number of quaternary nitrogens is 3. The largest absolute Gasteiger partial charge is 0.454 e. The van der Waals surface area contributed by atoms with E-state index in [1.807, 2.05) is 4.90 Å². The molecule has 3 N–H and O–H groups in total. The third kappa shape index (κ3) is 3.47. The van der Waals surface area contributed by atoms with E-state index in [2.05, 4.69) is 25.2 Å². The zero-order valence-corrected chi connectivity index (χ0v) is 14.2. The Morgan fingerprint density at radius 1 is 0.957 bits per heavy atom. The van der Waals surface area contributed by atoms with Gasteiger partial charge in [0, 0.05) is 18.4 Å². The Bertz CT molecular complexity index is 535. The van der Waals surface area contributed by atoms with Gasteiger partial charge in [0.1, 0.15) is 32.7 Å². The van der Waals surface area contributed by atoms with E-state index in [1.165, 1.54) is 57.7 Å². The standard InChI is InChI=1S/C18H27N3O2/c1-19-8-10-21(11-9-19)16-4-6-20(7-5-16)13-15-2-3-17-18(12-15)23-14-22-17/h2-3,12,16H,4-11,13-14H2,1H3/p+3. The second kappa shape index (κ2) is 6.67. The summed E-state index contributed by atoms with van der Waals surface area (Å²) in [5.74, 6) is 1.81. The van der Waals surface area contributed by atoms with E-state index in [9.17, 15) is 0 Å². The summed E-state index contributed by atoms with van der Waals surface area (Å²) in [6, 6.07) is 7.32. The van der Waals surface area contributed by atoms with Crippen molar-refractivity contribution in [3.63, 3.8) is 0 Å². The lowest BCUT2D eigenvalue weighted by Crippen LogP contribution is -3.29. The molecule has 0 spiro atoms. The summed E-state index contributed by atoms with van der Waals surface area (Å²) in [6.07, 6.45) is 2.77.